The smallest absolute Gasteiger partial charge is 0.164 e. The van der Waals surface area contributed by atoms with Gasteiger partial charge in [-0.3, -0.25) is 9.59 Å². The third kappa shape index (κ3) is 3.52. The number of rotatable bonds is 6. The summed E-state index contributed by atoms with van der Waals surface area (Å²) >= 11 is 3.40. The van der Waals surface area contributed by atoms with E-state index in [9.17, 15) is 9.59 Å². The molecule has 0 spiro atoms. The molecule has 0 saturated carbocycles. The lowest BCUT2D eigenvalue weighted by molar-refractivity contribution is 0.0969. The molecular formula is C15H19BrO2. The standard InChI is InChI=1S/C15H19BrO2/c1-4-6-14(17)11-9-13(16)12(8-10(11)3)15(18)7-5-2/h8-9H,4-7H2,1-3H3. The fraction of sp³-hybridized carbons (Fsp3) is 0.467. The minimum absolute atomic E-state index is 0.127. The molecule has 0 N–H and O–H groups in total. The third-order valence-corrected chi connectivity index (χ3v) is 3.53. The number of hydrogen-bond donors (Lipinski definition) is 0. The summed E-state index contributed by atoms with van der Waals surface area (Å²) in [6.45, 7) is 5.86. The largest absolute Gasteiger partial charge is 0.294 e. The average Bonchev–Trinajstić information content (AvgIpc) is 2.32. The normalized spacial score (nSPS) is 10.4. The highest BCUT2D eigenvalue weighted by Gasteiger charge is 2.15. The molecule has 0 aliphatic rings. The summed E-state index contributed by atoms with van der Waals surface area (Å²) in [4.78, 5) is 23.8. The van der Waals surface area contributed by atoms with Gasteiger partial charge in [0.1, 0.15) is 0 Å². The topological polar surface area (TPSA) is 34.1 Å². The number of benzene rings is 1. The van der Waals surface area contributed by atoms with Crippen LogP contribution in [-0.2, 0) is 0 Å². The van der Waals surface area contributed by atoms with Crippen molar-refractivity contribution in [2.45, 2.75) is 46.5 Å². The molecule has 98 valence electrons. The van der Waals surface area contributed by atoms with Crippen molar-refractivity contribution in [3.63, 3.8) is 0 Å². The number of ketones is 2. The Morgan fingerprint density at radius 2 is 1.50 bits per heavy atom. The molecule has 0 atom stereocenters. The first-order valence-electron chi connectivity index (χ1n) is 6.37. The minimum atomic E-state index is 0.127. The molecule has 0 heterocycles. The van der Waals surface area contributed by atoms with Crippen molar-refractivity contribution in [2.75, 3.05) is 0 Å². The number of hydrogen-bond acceptors (Lipinski definition) is 2. The van der Waals surface area contributed by atoms with Crippen LogP contribution in [0.1, 0.15) is 65.8 Å². The lowest BCUT2D eigenvalue weighted by Crippen LogP contribution is -2.06. The summed E-state index contributed by atoms with van der Waals surface area (Å²) in [6, 6.07) is 3.61. The van der Waals surface area contributed by atoms with Crippen LogP contribution in [-0.4, -0.2) is 11.6 Å². The molecule has 0 aliphatic carbocycles. The van der Waals surface area contributed by atoms with Gasteiger partial charge in [-0.1, -0.05) is 29.8 Å². The van der Waals surface area contributed by atoms with E-state index in [2.05, 4.69) is 15.9 Å². The summed E-state index contributed by atoms with van der Waals surface area (Å²) in [5, 5.41) is 0. The molecule has 1 aromatic carbocycles. The molecule has 0 aliphatic heterocycles. The Balaban J connectivity index is 3.11. The maximum atomic E-state index is 11.9. The fourth-order valence-electron chi connectivity index (χ4n) is 1.92. The fourth-order valence-corrected chi connectivity index (χ4v) is 2.48. The third-order valence-electron chi connectivity index (χ3n) is 2.87. The van der Waals surface area contributed by atoms with Crippen LogP contribution in [0.3, 0.4) is 0 Å². The van der Waals surface area contributed by atoms with Gasteiger partial charge in [-0.25, -0.2) is 0 Å². The molecule has 18 heavy (non-hydrogen) atoms. The molecule has 0 radical (unpaired) electrons. The Morgan fingerprint density at radius 3 is 2.00 bits per heavy atom. The van der Waals surface area contributed by atoms with Gasteiger partial charge in [0.25, 0.3) is 0 Å². The van der Waals surface area contributed by atoms with Crippen LogP contribution >= 0.6 is 15.9 Å². The van der Waals surface area contributed by atoms with Crippen LogP contribution in [0.5, 0.6) is 0 Å². The zero-order valence-electron chi connectivity index (χ0n) is 11.2. The van der Waals surface area contributed by atoms with Gasteiger partial charge in [-0.15, -0.1) is 0 Å². The van der Waals surface area contributed by atoms with E-state index < -0.39 is 0 Å². The van der Waals surface area contributed by atoms with Crippen molar-refractivity contribution in [2.24, 2.45) is 0 Å². The molecule has 3 heteroatoms. The molecular weight excluding hydrogens is 292 g/mol. The van der Waals surface area contributed by atoms with Crippen LogP contribution in [0, 0.1) is 6.92 Å². The van der Waals surface area contributed by atoms with E-state index in [0.717, 1.165) is 28.4 Å². The quantitative estimate of drug-likeness (QED) is 0.712. The zero-order chi connectivity index (χ0) is 13.7. The van der Waals surface area contributed by atoms with E-state index in [0.29, 0.717) is 18.4 Å². The van der Waals surface area contributed by atoms with Gasteiger partial charge in [0.15, 0.2) is 11.6 Å². The SMILES string of the molecule is CCCC(=O)c1cc(Br)c(C(=O)CCC)cc1C. The van der Waals surface area contributed by atoms with Crippen molar-refractivity contribution < 1.29 is 9.59 Å². The van der Waals surface area contributed by atoms with Gasteiger partial charge in [-0.2, -0.15) is 0 Å². The van der Waals surface area contributed by atoms with Crippen molar-refractivity contribution in [1.82, 2.24) is 0 Å². The average molecular weight is 311 g/mol. The summed E-state index contributed by atoms with van der Waals surface area (Å²) in [7, 11) is 0. The van der Waals surface area contributed by atoms with Crippen LogP contribution < -0.4 is 0 Å². The van der Waals surface area contributed by atoms with E-state index in [-0.39, 0.29) is 11.6 Å². The molecule has 0 aromatic heterocycles. The second-order valence-corrected chi connectivity index (χ2v) is 5.35. The summed E-state index contributed by atoms with van der Waals surface area (Å²) < 4.78 is 0.728. The molecule has 0 unspecified atom stereocenters. The summed E-state index contributed by atoms with van der Waals surface area (Å²) in [5.41, 5.74) is 2.29. The van der Waals surface area contributed by atoms with E-state index in [4.69, 9.17) is 0 Å². The minimum Gasteiger partial charge on any atom is -0.294 e. The summed E-state index contributed by atoms with van der Waals surface area (Å²) in [6.07, 6.45) is 2.77. The van der Waals surface area contributed by atoms with Gasteiger partial charge >= 0.3 is 0 Å². The Bertz CT molecular complexity index is 420. The van der Waals surface area contributed by atoms with E-state index in [1.807, 2.05) is 26.8 Å². The lowest BCUT2D eigenvalue weighted by Gasteiger charge is -2.09. The Morgan fingerprint density at radius 1 is 1.00 bits per heavy atom. The molecule has 1 rings (SSSR count). The van der Waals surface area contributed by atoms with Crippen LogP contribution in [0.25, 0.3) is 0 Å². The monoisotopic (exact) mass is 310 g/mol. The predicted octanol–water partition coefficient (Wildman–Crippen LogP) is 4.72. The van der Waals surface area contributed by atoms with Crippen molar-refractivity contribution in [3.05, 3.63) is 33.3 Å². The van der Waals surface area contributed by atoms with Crippen molar-refractivity contribution in [1.29, 1.82) is 0 Å². The molecule has 0 bridgehead atoms. The van der Waals surface area contributed by atoms with Crippen molar-refractivity contribution >= 4 is 27.5 Å². The predicted molar refractivity (Wildman–Crippen MR) is 77.4 cm³/mol. The highest BCUT2D eigenvalue weighted by atomic mass is 79.9. The van der Waals surface area contributed by atoms with Crippen molar-refractivity contribution in [3.8, 4) is 0 Å². The summed E-state index contributed by atoms with van der Waals surface area (Å²) in [5.74, 6) is 0.271. The van der Waals surface area contributed by atoms with Gasteiger partial charge in [-0.05, 0) is 37.5 Å². The molecule has 0 saturated heterocycles. The first-order chi connectivity index (χ1) is 8.51. The van der Waals surface area contributed by atoms with Crippen LogP contribution in [0.15, 0.2) is 16.6 Å². The highest BCUT2D eigenvalue weighted by Crippen LogP contribution is 2.24. The number of aryl methyl sites for hydroxylation is 1. The Hall–Kier alpha value is -0.960. The highest BCUT2D eigenvalue weighted by molar-refractivity contribution is 9.10. The second-order valence-electron chi connectivity index (χ2n) is 4.49. The second kappa shape index (κ2) is 6.83. The number of Topliss-reactive ketones (excluding diaryl/α,β-unsaturated/α-hetero) is 2. The zero-order valence-corrected chi connectivity index (χ0v) is 12.8. The van der Waals surface area contributed by atoms with Crippen LogP contribution in [0.4, 0.5) is 0 Å². The Kier molecular flexibility index (Phi) is 5.73. The molecule has 1 aromatic rings. The van der Waals surface area contributed by atoms with Gasteiger partial charge < -0.3 is 0 Å². The number of carbonyl (C=O) groups is 2. The maximum absolute atomic E-state index is 11.9. The molecule has 0 amide bonds. The van der Waals surface area contributed by atoms with E-state index >= 15 is 0 Å². The lowest BCUT2D eigenvalue weighted by atomic mass is 9.97. The first-order valence-corrected chi connectivity index (χ1v) is 7.17. The molecule has 2 nitrogen and oxygen atoms in total. The van der Waals surface area contributed by atoms with E-state index in [1.54, 1.807) is 6.07 Å². The number of carbonyl (C=O) groups excluding carboxylic acids is 2. The van der Waals surface area contributed by atoms with Crippen LogP contribution in [0.2, 0.25) is 0 Å². The van der Waals surface area contributed by atoms with E-state index in [1.165, 1.54) is 0 Å². The maximum Gasteiger partial charge on any atom is 0.164 e. The van der Waals surface area contributed by atoms with Gasteiger partial charge in [0, 0.05) is 28.4 Å². The van der Waals surface area contributed by atoms with Gasteiger partial charge in [0.2, 0.25) is 0 Å². The first kappa shape index (κ1) is 15.1. The Labute approximate surface area is 117 Å². The number of halogens is 1. The molecule has 0 fully saturated rings. The van der Waals surface area contributed by atoms with Gasteiger partial charge in [0.05, 0.1) is 0 Å².